The van der Waals surface area contributed by atoms with E-state index in [2.05, 4.69) is 10.0 Å². The predicted octanol–water partition coefficient (Wildman–Crippen LogP) is 1.47. The standard InChI is InChI=1S/C22H29N3O7S2/c1-16(24-33(27,28)19-10-11-20(31-2)21(14-19)32-3)22(26)23-15-17-6-8-18(9-7-17)34(29,30)25-12-4-5-13-25/h6-11,14,16,24H,4-5,12-13,15H2,1-3H3,(H,23,26)/t16-/m0/s1. The second kappa shape index (κ2) is 10.7. The third-order valence-corrected chi connectivity index (χ3v) is 8.93. The number of sulfonamides is 2. The van der Waals surface area contributed by atoms with Gasteiger partial charge in [0.25, 0.3) is 0 Å². The molecule has 1 fully saturated rings. The molecule has 1 atom stereocenters. The number of nitrogens with zero attached hydrogens (tertiary/aromatic N) is 1. The van der Waals surface area contributed by atoms with Crippen LogP contribution in [0.2, 0.25) is 0 Å². The number of ether oxygens (including phenoxy) is 2. The van der Waals surface area contributed by atoms with Crippen molar-refractivity contribution in [2.24, 2.45) is 0 Å². The summed E-state index contributed by atoms with van der Waals surface area (Å²) >= 11 is 0. The van der Waals surface area contributed by atoms with E-state index in [4.69, 9.17) is 9.47 Å². The number of hydrogen-bond acceptors (Lipinski definition) is 7. The SMILES string of the molecule is COc1ccc(S(=O)(=O)N[C@@H](C)C(=O)NCc2ccc(S(=O)(=O)N3CCCC3)cc2)cc1OC. The lowest BCUT2D eigenvalue weighted by Crippen LogP contribution is -2.44. The molecule has 1 heterocycles. The first-order valence-electron chi connectivity index (χ1n) is 10.7. The van der Waals surface area contributed by atoms with Crippen LogP contribution in [0.5, 0.6) is 11.5 Å². The van der Waals surface area contributed by atoms with Gasteiger partial charge in [-0.2, -0.15) is 9.03 Å². The summed E-state index contributed by atoms with van der Waals surface area (Å²) in [6.07, 6.45) is 1.72. The Balaban J connectivity index is 1.59. The summed E-state index contributed by atoms with van der Waals surface area (Å²) in [5.74, 6) is 0.0991. The molecule has 0 spiro atoms. The summed E-state index contributed by atoms with van der Waals surface area (Å²) in [5.41, 5.74) is 0.684. The van der Waals surface area contributed by atoms with Crippen molar-refractivity contribution in [2.45, 2.75) is 42.1 Å². The molecule has 0 radical (unpaired) electrons. The molecule has 0 aliphatic carbocycles. The quantitative estimate of drug-likeness (QED) is 0.494. The Morgan fingerprint density at radius 3 is 2.12 bits per heavy atom. The van der Waals surface area contributed by atoms with Crippen molar-refractivity contribution in [3.05, 3.63) is 48.0 Å². The summed E-state index contributed by atoms with van der Waals surface area (Å²) in [6.45, 7) is 2.60. The molecule has 1 saturated heterocycles. The molecule has 1 amide bonds. The Morgan fingerprint density at radius 2 is 1.53 bits per heavy atom. The molecule has 1 aliphatic heterocycles. The first-order valence-corrected chi connectivity index (χ1v) is 13.6. The molecule has 2 N–H and O–H groups in total. The highest BCUT2D eigenvalue weighted by Crippen LogP contribution is 2.29. The van der Waals surface area contributed by atoms with E-state index in [9.17, 15) is 21.6 Å². The highest BCUT2D eigenvalue weighted by Gasteiger charge is 2.27. The summed E-state index contributed by atoms with van der Waals surface area (Å²) in [6, 6.07) is 9.36. The summed E-state index contributed by atoms with van der Waals surface area (Å²) in [7, 11) is -4.66. The minimum Gasteiger partial charge on any atom is -0.493 e. The Bertz CT molecular complexity index is 1220. The van der Waals surface area contributed by atoms with Crippen molar-refractivity contribution in [2.75, 3.05) is 27.3 Å². The molecule has 0 bridgehead atoms. The van der Waals surface area contributed by atoms with Crippen LogP contribution in [0.1, 0.15) is 25.3 Å². The predicted molar refractivity (Wildman–Crippen MR) is 126 cm³/mol. The van der Waals surface area contributed by atoms with Gasteiger partial charge in [0.2, 0.25) is 26.0 Å². The van der Waals surface area contributed by atoms with E-state index in [1.807, 2.05) is 0 Å². The first-order chi connectivity index (χ1) is 16.1. The zero-order valence-electron chi connectivity index (χ0n) is 19.3. The molecule has 1 aliphatic rings. The van der Waals surface area contributed by atoms with E-state index in [-0.39, 0.29) is 22.1 Å². The van der Waals surface area contributed by atoms with E-state index >= 15 is 0 Å². The van der Waals surface area contributed by atoms with Gasteiger partial charge in [0, 0.05) is 25.7 Å². The van der Waals surface area contributed by atoms with Crippen LogP contribution in [0.3, 0.4) is 0 Å². The Hall–Kier alpha value is -2.67. The van der Waals surface area contributed by atoms with Gasteiger partial charge in [0.05, 0.1) is 30.1 Å². The van der Waals surface area contributed by atoms with Crippen LogP contribution in [-0.2, 0) is 31.4 Å². The molecule has 10 nitrogen and oxygen atoms in total. The van der Waals surface area contributed by atoms with Crippen molar-refractivity contribution in [1.29, 1.82) is 0 Å². The highest BCUT2D eigenvalue weighted by atomic mass is 32.2. The van der Waals surface area contributed by atoms with E-state index in [1.165, 1.54) is 55.8 Å². The highest BCUT2D eigenvalue weighted by molar-refractivity contribution is 7.89. The largest absolute Gasteiger partial charge is 0.493 e. The normalized spacial score (nSPS) is 15.6. The van der Waals surface area contributed by atoms with Gasteiger partial charge in [-0.3, -0.25) is 4.79 Å². The lowest BCUT2D eigenvalue weighted by molar-refractivity contribution is -0.122. The molecule has 186 valence electrons. The lowest BCUT2D eigenvalue weighted by atomic mass is 10.2. The van der Waals surface area contributed by atoms with Gasteiger partial charge in [-0.1, -0.05) is 12.1 Å². The Labute approximate surface area is 200 Å². The number of carbonyl (C=O) groups is 1. The number of nitrogens with one attached hydrogen (secondary N) is 2. The topological polar surface area (TPSA) is 131 Å². The zero-order valence-corrected chi connectivity index (χ0v) is 20.9. The van der Waals surface area contributed by atoms with Crippen molar-refractivity contribution < 1.29 is 31.1 Å². The molecule has 0 aromatic heterocycles. The first kappa shape index (κ1) is 25.9. The van der Waals surface area contributed by atoms with Crippen molar-refractivity contribution in [3.8, 4) is 11.5 Å². The second-order valence-corrected chi connectivity index (χ2v) is 11.5. The molecular formula is C22H29N3O7S2. The number of amides is 1. The minimum atomic E-state index is -3.99. The van der Waals surface area contributed by atoms with Crippen molar-refractivity contribution in [1.82, 2.24) is 14.3 Å². The number of rotatable bonds is 10. The number of hydrogen-bond donors (Lipinski definition) is 2. The maximum atomic E-state index is 12.7. The van der Waals surface area contributed by atoms with Gasteiger partial charge in [-0.05, 0) is 49.6 Å². The van der Waals surface area contributed by atoms with Crippen LogP contribution < -0.4 is 19.5 Å². The number of methoxy groups -OCH3 is 2. The third-order valence-electron chi connectivity index (χ3n) is 5.48. The summed E-state index contributed by atoms with van der Waals surface area (Å²) in [5, 5.41) is 2.66. The van der Waals surface area contributed by atoms with Gasteiger partial charge < -0.3 is 14.8 Å². The average Bonchev–Trinajstić information content (AvgIpc) is 3.38. The molecule has 0 unspecified atom stereocenters. The van der Waals surface area contributed by atoms with Gasteiger partial charge >= 0.3 is 0 Å². The van der Waals surface area contributed by atoms with Gasteiger partial charge in [-0.25, -0.2) is 16.8 Å². The van der Waals surface area contributed by atoms with Crippen LogP contribution in [0, 0.1) is 0 Å². The Morgan fingerprint density at radius 1 is 0.941 bits per heavy atom. The van der Waals surface area contributed by atoms with Gasteiger partial charge in [0.1, 0.15) is 0 Å². The maximum absolute atomic E-state index is 12.7. The van der Waals surface area contributed by atoms with Crippen molar-refractivity contribution >= 4 is 26.0 Å². The minimum absolute atomic E-state index is 0.0698. The fourth-order valence-electron chi connectivity index (χ4n) is 3.54. The van der Waals surface area contributed by atoms with Crippen LogP contribution in [-0.4, -0.2) is 60.4 Å². The van der Waals surface area contributed by atoms with Crippen LogP contribution >= 0.6 is 0 Å². The maximum Gasteiger partial charge on any atom is 0.243 e. The number of carbonyl (C=O) groups excluding carboxylic acids is 1. The van der Waals surface area contributed by atoms with E-state index < -0.39 is 32.0 Å². The molecular weight excluding hydrogens is 482 g/mol. The fourth-order valence-corrected chi connectivity index (χ4v) is 6.27. The molecule has 2 aromatic rings. The average molecular weight is 512 g/mol. The summed E-state index contributed by atoms with van der Waals surface area (Å²) < 4.78 is 64.6. The zero-order chi connectivity index (χ0) is 24.9. The van der Waals surface area contributed by atoms with Crippen molar-refractivity contribution in [3.63, 3.8) is 0 Å². The Kier molecular flexibility index (Phi) is 8.18. The smallest absolute Gasteiger partial charge is 0.243 e. The van der Waals surface area contributed by atoms with Gasteiger partial charge in [-0.15, -0.1) is 0 Å². The molecule has 12 heteroatoms. The van der Waals surface area contributed by atoms with E-state index in [0.29, 0.717) is 24.4 Å². The lowest BCUT2D eigenvalue weighted by Gasteiger charge is -2.16. The number of benzene rings is 2. The van der Waals surface area contributed by atoms with Gasteiger partial charge in [0.15, 0.2) is 11.5 Å². The monoisotopic (exact) mass is 511 g/mol. The molecule has 34 heavy (non-hydrogen) atoms. The van der Waals surface area contributed by atoms with E-state index in [1.54, 1.807) is 12.1 Å². The molecule has 3 rings (SSSR count). The third kappa shape index (κ3) is 5.87. The fraction of sp³-hybridized carbons (Fsp3) is 0.409. The second-order valence-electron chi connectivity index (χ2n) is 7.83. The van der Waals surface area contributed by atoms with Crippen LogP contribution in [0.4, 0.5) is 0 Å². The summed E-state index contributed by atoms with van der Waals surface area (Å²) in [4.78, 5) is 12.6. The molecule has 2 aromatic carbocycles. The van der Waals surface area contributed by atoms with Crippen LogP contribution in [0.15, 0.2) is 52.3 Å². The van der Waals surface area contributed by atoms with E-state index in [0.717, 1.165) is 12.8 Å². The molecule has 0 saturated carbocycles. The van der Waals surface area contributed by atoms with Crippen LogP contribution in [0.25, 0.3) is 0 Å².